The van der Waals surface area contributed by atoms with Crippen molar-refractivity contribution in [1.82, 2.24) is 25.0 Å². The fourth-order valence-electron chi connectivity index (χ4n) is 2.72. The Bertz CT molecular complexity index is 1230. The summed E-state index contributed by atoms with van der Waals surface area (Å²) in [6.45, 7) is 1.11. The molecule has 0 radical (unpaired) electrons. The van der Waals surface area contributed by atoms with Crippen LogP contribution in [-0.4, -0.2) is 39.1 Å². The molecule has 2 heterocycles. The number of ether oxygens (including phenoxy) is 2. The number of H-pyrrole nitrogens is 1. The van der Waals surface area contributed by atoms with Crippen molar-refractivity contribution >= 4 is 5.91 Å². The zero-order valence-corrected chi connectivity index (χ0v) is 17.4. The molecule has 2 N–H and O–H groups in total. The number of nitrogens with one attached hydrogen (secondary N) is 2. The van der Waals surface area contributed by atoms with Crippen LogP contribution in [0.2, 0.25) is 0 Å². The predicted molar refractivity (Wildman–Crippen MR) is 105 cm³/mol. The van der Waals surface area contributed by atoms with E-state index >= 15 is 0 Å². The minimum Gasteiger partial charge on any atom is -0.497 e. The van der Waals surface area contributed by atoms with E-state index in [2.05, 4.69) is 25.2 Å². The van der Waals surface area contributed by atoms with Gasteiger partial charge in [-0.15, -0.1) is 13.2 Å². The second kappa shape index (κ2) is 9.58. The Morgan fingerprint density at radius 3 is 2.64 bits per heavy atom. The zero-order chi connectivity index (χ0) is 24.2. The molecule has 3 rings (SSSR count). The van der Waals surface area contributed by atoms with E-state index in [1.165, 1.54) is 19.2 Å². The lowest BCUT2D eigenvalue weighted by Gasteiger charge is -2.15. The lowest BCUT2D eigenvalue weighted by atomic mass is 10.2. The number of hydrogen-bond donors (Lipinski definition) is 2. The normalized spacial score (nSPS) is 11.3. The number of carbonyl (C=O) groups excluding carboxylic acids is 1. The van der Waals surface area contributed by atoms with Crippen LogP contribution in [0.4, 0.5) is 13.2 Å². The Kier molecular flexibility index (Phi) is 6.84. The summed E-state index contributed by atoms with van der Waals surface area (Å²) in [5, 5.41) is 5.99. The van der Waals surface area contributed by atoms with Crippen LogP contribution in [0.5, 0.6) is 11.5 Å². The first-order valence-corrected chi connectivity index (χ1v) is 9.46. The number of benzene rings is 1. The average Bonchev–Trinajstić information content (AvgIpc) is 3.21. The van der Waals surface area contributed by atoms with Crippen LogP contribution in [0.3, 0.4) is 0 Å². The number of aryl methyl sites for hydroxylation is 1. The largest absolute Gasteiger partial charge is 0.573 e. The second-order valence-electron chi connectivity index (χ2n) is 6.57. The Labute approximate surface area is 183 Å². The topological polar surface area (TPSA) is 141 Å². The fourth-order valence-corrected chi connectivity index (χ4v) is 2.72. The first kappa shape index (κ1) is 23.6. The molecule has 0 saturated heterocycles. The highest BCUT2D eigenvalue weighted by Crippen LogP contribution is 2.30. The standard InChI is InChI=1S/C19H18F3N5O6/c1-3-14-25-15(33-26-14)9-27-16(28)7-12(24-18(27)30)17(29)23-8-10-4-5-11(31-2)6-13(10)32-19(20,21)22/h4-7H,3,8-9H2,1-2H3,(H,23,29)(H,24,30). The van der Waals surface area contributed by atoms with E-state index in [9.17, 15) is 27.6 Å². The van der Waals surface area contributed by atoms with Gasteiger partial charge in [-0.05, 0) is 12.1 Å². The molecule has 2 aromatic heterocycles. The number of hydrogen-bond acceptors (Lipinski definition) is 8. The van der Waals surface area contributed by atoms with Crippen LogP contribution in [0.1, 0.15) is 34.7 Å². The molecule has 11 nitrogen and oxygen atoms in total. The van der Waals surface area contributed by atoms with E-state index in [4.69, 9.17) is 9.26 Å². The second-order valence-corrected chi connectivity index (χ2v) is 6.57. The zero-order valence-electron chi connectivity index (χ0n) is 17.4. The van der Waals surface area contributed by atoms with Gasteiger partial charge in [-0.2, -0.15) is 4.98 Å². The molecule has 3 aromatic rings. The maximum atomic E-state index is 12.7. The first-order valence-electron chi connectivity index (χ1n) is 9.46. The van der Waals surface area contributed by atoms with Crippen molar-refractivity contribution in [1.29, 1.82) is 0 Å². The van der Waals surface area contributed by atoms with Crippen LogP contribution in [0, 0.1) is 0 Å². The summed E-state index contributed by atoms with van der Waals surface area (Å²) in [5.74, 6) is -0.913. The van der Waals surface area contributed by atoms with Gasteiger partial charge in [0, 0.05) is 30.7 Å². The van der Waals surface area contributed by atoms with Crippen LogP contribution in [0.25, 0.3) is 0 Å². The van der Waals surface area contributed by atoms with Crippen LogP contribution < -0.4 is 26.0 Å². The molecular weight excluding hydrogens is 451 g/mol. The van der Waals surface area contributed by atoms with E-state index in [1.54, 1.807) is 6.92 Å². The summed E-state index contributed by atoms with van der Waals surface area (Å²) >= 11 is 0. The van der Waals surface area contributed by atoms with E-state index in [-0.39, 0.29) is 36.0 Å². The molecule has 0 unspecified atom stereocenters. The predicted octanol–water partition coefficient (Wildman–Crippen LogP) is 1.37. The molecule has 0 aliphatic rings. The number of halogens is 3. The van der Waals surface area contributed by atoms with E-state index < -0.39 is 29.3 Å². The smallest absolute Gasteiger partial charge is 0.497 e. The van der Waals surface area contributed by atoms with Crippen molar-refractivity contribution in [2.24, 2.45) is 0 Å². The minimum absolute atomic E-state index is 0.0136. The van der Waals surface area contributed by atoms with Gasteiger partial charge in [0.15, 0.2) is 5.82 Å². The maximum Gasteiger partial charge on any atom is 0.573 e. The van der Waals surface area contributed by atoms with Gasteiger partial charge in [-0.25, -0.2) is 4.79 Å². The Balaban J connectivity index is 1.76. The van der Waals surface area contributed by atoms with Crippen LogP contribution >= 0.6 is 0 Å². The summed E-state index contributed by atoms with van der Waals surface area (Å²) in [7, 11) is 1.27. The molecule has 0 bridgehead atoms. The molecule has 33 heavy (non-hydrogen) atoms. The maximum absolute atomic E-state index is 12.7. The monoisotopic (exact) mass is 469 g/mol. The minimum atomic E-state index is -4.96. The summed E-state index contributed by atoms with van der Waals surface area (Å²) < 4.78 is 52.6. The van der Waals surface area contributed by atoms with Crippen LogP contribution in [-0.2, 0) is 19.5 Å². The van der Waals surface area contributed by atoms with Crippen molar-refractivity contribution in [3.63, 3.8) is 0 Å². The molecule has 1 aromatic carbocycles. The molecule has 0 aliphatic heterocycles. The van der Waals surface area contributed by atoms with Gasteiger partial charge in [-0.1, -0.05) is 12.1 Å². The summed E-state index contributed by atoms with van der Waals surface area (Å²) in [5.41, 5.74) is -2.12. The fraction of sp³-hybridized carbons (Fsp3) is 0.316. The molecule has 14 heteroatoms. The van der Waals surface area contributed by atoms with Gasteiger partial charge in [0.05, 0.1) is 7.11 Å². The lowest BCUT2D eigenvalue weighted by Crippen LogP contribution is -2.38. The number of alkyl halides is 3. The highest BCUT2D eigenvalue weighted by molar-refractivity contribution is 5.92. The van der Waals surface area contributed by atoms with Gasteiger partial charge >= 0.3 is 12.1 Å². The van der Waals surface area contributed by atoms with Crippen molar-refractivity contribution in [3.8, 4) is 11.5 Å². The van der Waals surface area contributed by atoms with Gasteiger partial charge in [0.25, 0.3) is 11.5 Å². The molecule has 0 saturated carbocycles. The highest BCUT2D eigenvalue weighted by atomic mass is 19.4. The third kappa shape index (κ3) is 5.99. The quantitative estimate of drug-likeness (QED) is 0.504. The molecule has 0 spiro atoms. The Morgan fingerprint density at radius 2 is 2.03 bits per heavy atom. The molecule has 176 valence electrons. The molecule has 0 atom stereocenters. The summed E-state index contributed by atoms with van der Waals surface area (Å²) in [6.07, 6.45) is -4.46. The van der Waals surface area contributed by atoms with Crippen molar-refractivity contribution < 1.29 is 32.0 Å². The molecule has 0 aliphatic carbocycles. The Morgan fingerprint density at radius 1 is 1.27 bits per heavy atom. The van der Waals surface area contributed by atoms with Crippen molar-refractivity contribution in [2.75, 3.05) is 7.11 Å². The van der Waals surface area contributed by atoms with E-state index in [0.717, 1.165) is 16.7 Å². The lowest BCUT2D eigenvalue weighted by molar-refractivity contribution is -0.274. The number of amides is 1. The summed E-state index contributed by atoms with van der Waals surface area (Å²) in [6, 6.07) is 4.54. The van der Waals surface area contributed by atoms with Gasteiger partial charge in [0.2, 0.25) is 5.89 Å². The number of nitrogens with zero attached hydrogens (tertiary/aromatic N) is 3. The SMILES string of the molecule is CCc1noc(Cn2c(=O)cc(C(=O)NCc3ccc(OC)cc3OC(F)(F)F)[nH]c2=O)n1. The van der Waals surface area contributed by atoms with Crippen LogP contribution in [0.15, 0.2) is 38.4 Å². The average molecular weight is 469 g/mol. The van der Waals surface area contributed by atoms with Gasteiger partial charge in [-0.3, -0.25) is 14.2 Å². The number of carbonyl (C=O) groups is 1. The van der Waals surface area contributed by atoms with E-state index in [1.807, 2.05) is 0 Å². The Hall–Kier alpha value is -4.10. The third-order valence-corrected chi connectivity index (χ3v) is 4.32. The highest BCUT2D eigenvalue weighted by Gasteiger charge is 2.32. The number of methoxy groups -OCH3 is 1. The number of rotatable bonds is 8. The molecule has 0 fully saturated rings. The van der Waals surface area contributed by atoms with Gasteiger partial charge < -0.3 is 24.3 Å². The van der Waals surface area contributed by atoms with E-state index in [0.29, 0.717) is 12.2 Å². The van der Waals surface area contributed by atoms with Gasteiger partial charge in [0.1, 0.15) is 23.7 Å². The first-order chi connectivity index (χ1) is 15.6. The summed E-state index contributed by atoms with van der Waals surface area (Å²) in [4.78, 5) is 43.2. The number of aromatic nitrogens is 4. The molecular formula is C19H18F3N5O6. The third-order valence-electron chi connectivity index (χ3n) is 4.32. The van der Waals surface area contributed by atoms with Crippen molar-refractivity contribution in [3.05, 3.63) is 68.1 Å². The molecule has 1 amide bonds. The van der Waals surface area contributed by atoms with Crippen molar-refractivity contribution in [2.45, 2.75) is 32.8 Å². The number of aromatic amines is 1.